The highest BCUT2D eigenvalue weighted by atomic mass is 16.3. The number of ketones is 1. The third-order valence-corrected chi connectivity index (χ3v) is 4.32. The van der Waals surface area contributed by atoms with Gasteiger partial charge in [0.15, 0.2) is 0 Å². The van der Waals surface area contributed by atoms with E-state index in [1.807, 2.05) is 0 Å². The molecule has 2 heteroatoms. The zero-order valence-corrected chi connectivity index (χ0v) is 13.0. The van der Waals surface area contributed by atoms with Gasteiger partial charge in [-0.05, 0) is 43.9 Å². The monoisotopic (exact) mass is 268 g/mol. The van der Waals surface area contributed by atoms with E-state index in [2.05, 4.69) is 13.8 Å². The van der Waals surface area contributed by atoms with Crippen LogP contribution in [0.3, 0.4) is 0 Å². The van der Waals surface area contributed by atoms with E-state index in [0.717, 1.165) is 25.2 Å². The summed E-state index contributed by atoms with van der Waals surface area (Å²) in [7, 11) is 0. The molecule has 1 N–H and O–H groups in total. The summed E-state index contributed by atoms with van der Waals surface area (Å²) in [6.07, 6.45) is 9.99. The van der Waals surface area contributed by atoms with Crippen molar-refractivity contribution in [3.63, 3.8) is 0 Å². The molecular weight excluding hydrogens is 236 g/mol. The van der Waals surface area contributed by atoms with E-state index >= 15 is 0 Å². The maximum absolute atomic E-state index is 11.4. The fourth-order valence-corrected chi connectivity index (χ4v) is 3.59. The second-order valence-electron chi connectivity index (χ2n) is 7.03. The summed E-state index contributed by atoms with van der Waals surface area (Å²) < 4.78 is 0. The highest BCUT2D eigenvalue weighted by Gasteiger charge is 2.22. The molecule has 1 fully saturated rings. The van der Waals surface area contributed by atoms with Crippen molar-refractivity contribution in [1.82, 2.24) is 0 Å². The molecule has 0 amide bonds. The van der Waals surface area contributed by atoms with Crippen molar-refractivity contribution in [3.8, 4) is 0 Å². The van der Waals surface area contributed by atoms with Gasteiger partial charge in [0, 0.05) is 6.42 Å². The lowest BCUT2D eigenvalue weighted by molar-refractivity contribution is -0.118. The largest absolute Gasteiger partial charge is 0.393 e. The van der Waals surface area contributed by atoms with Gasteiger partial charge in [-0.1, -0.05) is 46.0 Å². The third-order valence-electron chi connectivity index (χ3n) is 4.32. The topological polar surface area (TPSA) is 37.3 Å². The van der Waals surface area contributed by atoms with Crippen LogP contribution < -0.4 is 0 Å². The fourth-order valence-electron chi connectivity index (χ4n) is 3.59. The molecule has 1 saturated carbocycles. The molecule has 0 aromatic rings. The van der Waals surface area contributed by atoms with Gasteiger partial charge >= 0.3 is 0 Å². The van der Waals surface area contributed by atoms with E-state index in [1.54, 1.807) is 6.92 Å². The minimum Gasteiger partial charge on any atom is -0.393 e. The molecule has 2 nitrogen and oxygen atoms in total. The second-order valence-corrected chi connectivity index (χ2v) is 7.03. The molecule has 112 valence electrons. The molecule has 0 radical (unpaired) electrons. The maximum atomic E-state index is 11.4. The Kier molecular flexibility index (Phi) is 7.67. The SMILES string of the molecule is CC(=O)C[C@@H](CC1CCCCC1)C[C@@H](O)CC(C)C. The van der Waals surface area contributed by atoms with Crippen LogP contribution in [0.4, 0.5) is 0 Å². The van der Waals surface area contributed by atoms with Crippen LogP contribution in [0.25, 0.3) is 0 Å². The molecule has 0 aromatic carbocycles. The highest BCUT2D eigenvalue weighted by molar-refractivity contribution is 5.75. The molecule has 19 heavy (non-hydrogen) atoms. The minimum absolute atomic E-state index is 0.229. The summed E-state index contributed by atoms with van der Waals surface area (Å²) >= 11 is 0. The average Bonchev–Trinajstić information content (AvgIpc) is 2.27. The third kappa shape index (κ3) is 7.71. The number of hydrogen-bond acceptors (Lipinski definition) is 2. The lowest BCUT2D eigenvalue weighted by atomic mass is 9.79. The van der Waals surface area contributed by atoms with E-state index in [0.29, 0.717) is 18.3 Å². The second kappa shape index (κ2) is 8.73. The molecule has 0 bridgehead atoms. The van der Waals surface area contributed by atoms with Crippen LogP contribution in [0.5, 0.6) is 0 Å². The van der Waals surface area contributed by atoms with Crippen molar-refractivity contribution in [1.29, 1.82) is 0 Å². The van der Waals surface area contributed by atoms with Crippen LogP contribution in [-0.2, 0) is 4.79 Å². The Morgan fingerprint density at radius 3 is 2.32 bits per heavy atom. The van der Waals surface area contributed by atoms with Gasteiger partial charge in [-0.2, -0.15) is 0 Å². The number of carbonyl (C=O) groups excluding carboxylic acids is 1. The molecule has 0 aliphatic heterocycles. The summed E-state index contributed by atoms with van der Waals surface area (Å²) in [5.41, 5.74) is 0. The van der Waals surface area contributed by atoms with Crippen molar-refractivity contribution in [2.75, 3.05) is 0 Å². The molecule has 1 aliphatic rings. The predicted octanol–water partition coefficient (Wildman–Crippen LogP) is 4.35. The average molecular weight is 268 g/mol. The van der Waals surface area contributed by atoms with Gasteiger partial charge in [-0.25, -0.2) is 0 Å². The van der Waals surface area contributed by atoms with E-state index in [4.69, 9.17) is 0 Å². The Morgan fingerprint density at radius 2 is 1.79 bits per heavy atom. The summed E-state index contributed by atoms with van der Waals surface area (Å²) in [6, 6.07) is 0. The van der Waals surface area contributed by atoms with Gasteiger partial charge in [0.1, 0.15) is 5.78 Å². The fraction of sp³-hybridized carbons (Fsp3) is 0.941. The lowest BCUT2D eigenvalue weighted by Crippen LogP contribution is -2.21. The molecule has 0 unspecified atom stereocenters. The van der Waals surface area contributed by atoms with Gasteiger partial charge in [0.25, 0.3) is 0 Å². The predicted molar refractivity (Wildman–Crippen MR) is 80.1 cm³/mol. The van der Waals surface area contributed by atoms with Gasteiger partial charge < -0.3 is 9.90 Å². The van der Waals surface area contributed by atoms with Crippen LogP contribution in [0.15, 0.2) is 0 Å². The minimum atomic E-state index is -0.229. The van der Waals surface area contributed by atoms with E-state index in [9.17, 15) is 9.90 Å². The van der Waals surface area contributed by atoms with Gasteiger partial charge in [-0.15, -0.1) is 0 Å². The number of Topliss-reactive ketones (excluding diaryl/α,β-unsaturated/α-hetero) is 1. The van der Waals surface area contributed by atoms with Crippen molar-refractivity contribution in [2.24, 2.45) is 17.8 Å². The highest BCUT2D eigenvalue weighted by Crippen LogP contribution is 2.32. The molecule has 1 aliphatic carbocycles. The number of hydrogen-bond donors (Lipinski definition) is 1. The Morgan fingerprint density at radius 1 is 1.16 bits per heavy atom. The van der Waals surface area contributed by atoms with Crippen LogP contribution in [0.1, 0.15) is 78.6 Å². The molecule has 0 heterocycles. The standard InChI is InChI=1S/C17H32O2/c1-13(2)9-17(19)12-16(10-14(3)18)11-15-7-5-4-6-8-15/h13,15-17,19H,4-12H2,1-3H3/t16-,17-/m0/s1. The van der Waals surface area contributed by atoms with E-state index in [-0.39, 0.29) is 11.9 Å². The zero-order valence-electron chi connectivity index (χ0n) is 13.0. The van der Waals surface area contributed by atoms with Gasteiger partial charge in [0.05, 0.1) is 6.10 Å². The van der Waals surface area contributed by atoms with E-state index in [1.165, 1.54) is 32.1 Å². The zero-order chi connectivity index (χ0) is 14.3. The Balaban J connectivity index is 2.43. The molecule has 0 aromatic heterocycles. The smallest absolute Gasteiger partial charge is 0.130 e. The van der Waals surface area contributed by atoms with Crippen LogP contribution in [-0.4, -0.2) is 17.0 Å². The lowest BCUT2D eigenvalue weighted by Gasteiger charge is -2.27. The Labute approximate surface area is 119 Å². The quantitative estimate of drug-likeness (QED) is 0.710. The Bertz CT molecular complexity index is 254. The number of aliphatic hydroxyl groups is 1. The summed E-state index contributed by atoms with van der Waals surface area (Å²) in [4.78, 5) is 11.4. The van der Waals surface area contributed by atoms with Crippen LogP contribution >= 0.6 is 0 Å². The molecular formula is C17H32O2. The van der Waals surface area contributed by atoms with Crippen molar-refractivity contribution >= 4 is 5.78 Å². The van der Waals surface area contributed by atoms with E-state index < -0.39 is 0 Å². The summed E-state index contributed by atoms with van der Waals surface area (Å²) in [6.45, 7) is 5.97. The molecule has 1 rings (SSSR count). The van der Waals surface area contributed by atoms with Gasteiger partial charge in [0.2, 0.25) is 0 Å². The first-order valence-corrected chi connectivity index (χ1v) is 8.14. The van der Waals surface area contributed by atoms with Gasteiger partial charge in [-0.3, -0.25) is 0 Å². The first kappa shape index (κ1) is 16.7. The first-order valence-electron chi connectivity index (χ1n) is 8.14. The van der Waals surface area contributed by atoms with Crippen LogP contribution in [0.2, 0.25) is 0 Å². The van der Waals surface area contributed by atoms with Crippen molar-refractivity contribution in [3.05, 3.63) is 0 Å². The number of aliphatic hydroxyl groups excluding tert-OH is 1. The number of rotatable bonds is 8. The molecule has 0 spiro atoms. The Hall–Kier alpha value is -0.370. The molecule has 0 saturated heterocycles. The summed E-state index contributed by atoms with van der Waals surface area (Å²) in [5, 5.41) is 10.1. The normalized spacial score (nSPS) is 20.5. The molecule has 2 atom stereocenters. The first-order chi connectivity index (χ1) is 8.97. The van der Waals surface area contributed by atoms with Crippen molar-refractivity contribution in [2.45, 2.75) is 84.7 Å². The number of carbonyl (C=O) groups is 1. The summed E-state index contributed by atoms with van der Waals surface area (Å²) in [5.74, 6) is 2.00. The van der Waals surface area contributed by atoms with Crippen LogP contribution in [0, 0.1) is 17.8 Å². The van der Waals surface area contributed by atoms with Crippen molar-refractivity contribution < 1.29 is 9.90 Å². The maximum Gasteiger partial charge on any atom is 0.130 e.